The van der Waals surface area contributed by atoms with Crippen LogP contribution < -0.4 is 5.32 Å². The van der Waals surface area contributed by atoms with Crippen LogP contribution in [0.3, 0.4) is 0 Å². The molecule has 19 heavy (non-hydrogen) atoms. The zero-order valence-corrected chi connectivity index (χ0v) is 11.3. The Morgan fingerprint density at radius 1 is 1.42 bits per heavy atom. The lowest BCUT2D eigenvalue weighted by Gasteiger charge is -2.29. The molecule has 104 valence electrons. The fourth-order valence-electron chi connectivity index (χ4n) is 2.43. The van der Waals surface area contributed by atoms with Gasteiger partial charge in [-0.1, -0.05) is 6.42 Å². The third kappa shape index (κ3) is 4.21. The zero-order chi connectivity index (χ0) is 13.7. The molecule has 0 radical (unpaired) electrons. The molecule has 0 bridgehead atoms. The van der Waals surface area contributed by atoms with Crippen molar-refractivity contribution in [2.45, 2.75) is 32.2 Å². The summed E-state index contributed by atoms with van der Waals surface area (Å²) in [5.41, 5.74) is 0.394. The first-order chi connectivity index (χ1) is 9.15. The highest BCUT2D eigenvalue weighted by Gasteiger charge is 2.15. The number of aromatic hydroxyl groups is 1. The Morgan fingerprint density at radius 2 is 2.16 bits per heavy atom. The van der Waals surface area contributed by atoms with E-state index in [1.165, 1.54) is 37.7 Å². The standard InChI is InChI=1S/C14H21N3O2/c1-11(10-17-5-3-2-4-6-17)16-14(19)12-7-13(18)9-15-8-12/h7-9,11,18H,2-6,10H2,1H3,(H,16,19). The van der Waals surface area contributed by atoms with Crippen LogP contribution in [0.25, 0.3) is 0 Å². The van der Waals surface area contributed by atoms with E-state index in [0.29, 0.717) is 5.56 Å². The van der Waals surface area contributed by atoms with Crippen molar-refractivity contribution in [1.82, 2.24) is 15.2 Å². The Labute approximate surface area is 113 Å². The number of carbonyl (C=O) groups is 1. The minimum Gasteiger partial charge on any atom is -0.506 e. The Hall–Kier alpha value is -1.62. The van der Waals surface area contributed by atoms with Gasteiger partial charge in [0.1, 0.15) is 5.75 Å². The lowest BCUT2D eigenvalue weighted by Crippen LogP contribution is -2.43. The van der Waals surface area contributed by atoms with Crippen LogP contribution in [0.4, 0.5) is 0 Å². The van der Waals surface area contributed by atoms with Crippen LogP contribution in [0.5, 0.6) is 5.75 Å². The van der Waals surface area contributed by atoms with Crippen LogP contribution in [-0.4, -0.2) is 46.6 Å². The van der Waals surface area contributed by atoms with Gasteiger partial charge in [-0.05, 0) is 38.9 Å². The van der Waals surface area contributed by atoms with Crippen LogP contribution in [-0.2, 0) is 0 Å². The van der Waals surface area contributed by atoms with E-state index in [-0.39, 0.29) is 17.7 Å². The third-order valence-corrected chi connectivity index (χ3v) is 3.34. The van der Waals surface area contributed by atoms with E-state index in [0.717, 1.165) is 19.6 Å². The minimum atomic E-state index is -0.187. The van der Waals surface area contributed by atoms with E-state index >= 15 is 0 Å². The molecule has 2 N–H and O–H groups in total. The number of piperidine rings is 1. The Balaban J connectivity index is 1.84. The molecule has 0 spiro atoms. The predicted molar refractivity (Wildman–Crippen MR) is 73.1 cm³/mol. The van der Waals surface area contributed by atoms with Crippen molar-refractivity contribution in [2.75, 3.05) is 19.6 Å². The molecule has 1 aliphatic rings. The highest BCUT2D eigenvalue weighted by atomic mass is 16.3. The molecule has 1 saturated heterocycles. The number of amides is 1. The molecule has 0 saturated carbocycles. The summed E-state index contributed by atoms with van der Waals surface area (Å²) >= 11 is 0. The monoisotopic (exact) mass is 263 g/mol. The van der Waals surface area contributed by atoms with Crippen molar-refractivity contribution in [3.05, 3.63) is 24.0 Å². The van der Waals surface area contributed by atoms with Gasteiger partial charge in [0.15, 0.2) is 0 Å². The van der Waals surface area contributed by atoms with Crippen LogP contribution in [0.2, 0.25) is 0 Å². The normalized spacial score (nSPS) is 17.9. The van der Waals surface area contributed by atoms with Gasteiger partial charge in [0.05, 0.1) is 11.8 Å². The minimum absolute atomic E-state index is 0.0105. The van der Waals surface area contributed by atoms with E-state index in [2.05, 4.69) is 15.2 Å². The summed E-state index contributed by atoms with van der Waals surface area (Å²) < 4.78 is 0. The van der Waals surface area contributed by atoms with Gasteiger partial charge in [0.25, 0.3) is 5.91 Å². The molecule has 1 unspecified atom stereocenters. The maximum Gasteiger partial charge on any atom is 0.253 e. The average molecular weight is 263 g/mol. The van der Waals surface area contributed by atoms with Gasteiger partial charge in [0, 0.05) is 18.8 Å². The number of hydrogen-bond acceptors (Lipinski definition) is 4. The molecular weight excluding hydrogens is 242 g/mol. The molecule has 2 heterocycles. The third-order valence-electron chi connectivity index (χ3n) is 3.34. The smallest absolute Gasteiger partial charge is 0.253 e. The average Bonchev–Trinajstić information content (AvgIpc) is 2.39. The van der Waals surface area contributed by atoms with Crippen LogP contribution in [0.15, 0.2) is 18.5 Å². The Kier molecular flexibility index (Phi) is 4.74. The van der Waals surface area contributed by atoms with E-state index in [4.69, 9.17) is 0 Å². The number of nitrogens with one attached hydrogen (secondary N) is 1. The molecule has 5 heteroatoms. The number of likely N-dealkylation sites (tertiary alicyclic amines) is 1. The summed E-state index contributed by atoms with van der Waals surface area (Å²) in [4.78, 5) is 18.2. The summed E-state index contributed by atoms with van der Waals surface area (Å²) in [6, 6.07) is 1.52. The van der Waals surface area contributed by atoms with Crippen LogP contribution in [0, 0.1) is 0 Å². The quantitative estimate of drug-likeness (QED) is 0.861. The molecule has 1 aromatic rings. The lowest BCUT2D eigenvalue weighted by molar-refractivity contribution is 0.0925. The largest absolute Gasteiger partial charge is 0.506 e. The van der Waals surface area contributed by atoms with Gasteiger partial charge >= 0.3 is 0 Å². The second kappa shape index (κ2) is 6.52. The van der Waals surface area contributed by atoms with Gasteiger partial charge in [-0.25, -0.2) is 0 Å². The first-order valence-corrected chi connectivity index (χ1v) is 6.82. The summed E-state index contributed by atoms with van der Waals surface area (Å²) in [7, 11) is 0. The Morgan fingerprint density at radius 3 is 2.84 bits per heavy atom. The maximum atomic E-state index is 12.0. The zero-order valence-electron chi connectivity index (χ0n) is 11.3. The molecule has 1 fully saturated rings. The van der Waals surface area contributed by atoms with Crippen molar-refractivity contribution in [3.8, 4) is 5.75 Å². The highest BCUT2D eigenvalue weighted by Crippen LogP contribution is 2.10. The summed E-state index contributed by atoms with van der Waals surface area (Å²) in [5, 5.41) is 12.2. The van der Waals surface area contributed by atoms with Crippen LogP contribution in [0.1, 0.15) is 36.5 Å². The van der Waals surface area contributed by atoms with E-state index in [1.807, 2.05) is 6.92 Å². The molecule has 5 nitrogen and oxygen atoms in total. The van der Waals surface area contributed by atoms with Gasteiger partial charge in [0.2, 0.25) is 0 Å². The second-order valence-corrected chi connectivity index (χ2v) is 5.17. The van der Waals surface area contributed by atoms with E-state index < -0.39 is 0 Å². The first kappa shape index (κ1) is 13.8. The molecule has 0 aliphatic carbocycles. The first-order valence-electron chi connectivity index (χ1n) is 6.82. The van der Waals surface area contributed by atoms with Gasteiger partial charge in [-0.3, -0.25) is 9.78 Å². The number of aromatic nitrogens is 1. The fourth-order valence-corrected chi connectivity index (χ4v) is 2.43. The summed E-state index contributed by atoms with van der Waals surface area (Å²) in [5.74, 6) is -0.177. The fraction of sp³-hybridized carbons (Fsp3) is 0.571. The Bertz CT molecular complexity index is 430. The number of hydrogen-bond donors (Lipinski definition) is 2. The van der Waals surface area contributed by atoms with Gasteiger partial charge in [-0.2, -0.15) is 0 Å². The molecule has 0 aromatic carbocycles. The number of nitrogens with zero attached hydrogens (tertiary/aromatic N) is 2. The molecule has 2 rings (SSSR count). The van der Waals surface area contributed by atoms with E-state index in [1.54, 1.807) is 0 Å². The highest BCUT2D eigenvalue weighted by molar-refractivity contribution is 5.94. The van der Waals surface area contributed by atoms with Crippen LogP contribution >= 0.6 is 0 Å². The topological polar surface area (TPSA) is 65.5 Å². The van der Waals surface area contributed by atoms with Crippen molar-refractivity contribution < 1.29 is 9.90 Å². The van der Waals surface area contributed by atoms with Crippen molar-refractivity contribution in [3.63, 3.8) is 0 Å². The number of carbonyl (C=O) groups excluding carboxylic acids is 1. The molecule has 1 atom stereocenters. The second-order valence-electron chi connectivity index (χ2n) is 5.17. The predicted octanol–water partition coefficient (Wildman–Crippen LogP) is 1.39. The maximum absolute atomic E-state index is 12.0. The van der Waals surface area contributed by atoms with E-state index in [9.17, 15) is 9.90 Å². The number of pyridine rings is 1. The van der Waals surface area contributed by atoms with Crippen molar-refractivity contribution in [2.24, 2.45) is 0 Å². The molecule has 1 aromatic heterocycles. The molecular formula is C14H21N3O2. The van der Waals surface area contributed by atoms with Crippen molar-refractivity contribution in [1.29, 1.82) is 0 Å². The SMILES string of the molecule is CC(CN1CCCCC1)NC(=O)c1cncc(O)c1. The number of rotatable bonds is 4. The summed E-state index contributed by atoms with van der Waals surface area (Å²) in [6.45, 7) is 5.11. The molecule has 1 amide bonds. The van der Waals surface area contributed by atoms with Gasteiger partial charge in [-0.15, -0.1) is 0 Å². The molecule has 1 aliphatic heterocycles. The lowest BCUT2D eigenvalue weighted by atomic mass is 10.1. The van der Waals surface area contributed by atoms with Gasteiger partial charge < -0.3 is 15.3 Å². The summed E-state index contributed by atoms with van der Waals surface area (Å²) in [6.07, 6.45) is 6.58. The van der Waals surface area contributed by atoms with Crippen molar-refractivity contribution >= 4 is 5.91 Å².